The summed E-state index contributed by atoms with van der Waals surface area (Å²) in [6.07, 6.45) is 2.72. The number of hydrogen-bond acceptors (Lipinski definition) is 4. The van der Waals surface area contributed by atoms with Gasteiger partial charge < -0.3 is 10.4 Å². The number of thiophene rings is 1. The smallest absolute Gasteiger partial charge is 0.262 e. The van der Waals surface area contributed by atoms with Gasteiger partial charge in [-0.15, -0.1) is 23.1 Å². The van der Waals surface area contributed by atoms with Gasteiger partial charge in [0.2, 0.25) is 0 Å². The maximum Gasteiger partial charge on any atom is 0.262 e. The molecule has 0 aliphatic heterocycles. The van der Waals surface area contributed by atoms with E-state index in [2.05, 4.69) is 26.1 Å². The van der Waals surface area contributed by atoms with Gasteiger partial charge in [-0.2, -0.15) is 0 Å². The third-order valence-electron chi connectivity index (χ3n) is 2.47. The molecule has 0 aliphatic carbocycles. The summed E-state index contributed by atoms with van der Waals surface area (Å²) in [6.45, 7) is 6.27. The lowest BCUT2D eigenvalue weighted by Gasteiger charge is -2.25. The standard InChI is InChI=1S/C13H21NO2S2/c1-13(2,3)7-9(8-15)14-12(16)11-10(17-4)5-6-18-11/h5-6,9,15H,7-8H2,1-4H3,(H,14,16). The van der Waals surface area contributed by atoms with Crippen LogP contribution in [0.15, 0.2) is 16.3 Å². The highest BCUT2D eigenvalue weighted by molar-refractivity contribution is 7.98. The summed E-state index contributed by atoms with van der Waals surface area (Å²) in [5.74, 6) is -0.0855. The van der Waals surface area contributed by atoms with E-state index in [1.165, 1.54) is 11.3 Å². The van der Waals surface area contributed by atoms with E-state index < -0.39 is 0 Å². The van der Waals surface area contributed by atoms with Gasteiger partial charge in [0.25, 0.3) is 5.91 Å². The molecule has 2 N–H and O–H groups in total. The molecule has 5 heteroatoms. The minimum absolute atomic E-state index is 0.0248. The summed E-state index contributed by atoms with van der Waals surface area (Å²) < 4.78 is 0. The van der Waals surface area contributed by atoms with E-state index in [4.69, 9.17) is 0 Å². The number of carbonyl (C=O) groups is 1. The molecule has 0 aromatic carbocycles. The van der Waals surface area contributed by atoms with Crippen molar-refractivity contribution in [2.45, 2.75) is 38.1 Å². The monoisotopic (exact) mass is 287 g/mol. The first-order valence-electron chi connectivity index (χ1n) is 5.90. The van der Waals surface area contributed by atoms with E-state index in [-0.39, 0.29) is 24.0 Å². The highest BCUT2D eigenvalue weighted by Gasteiger charge is 2.21. The molecular weight excluding hydrogens is 266 g/mol. The van der Waals surface area contributed by atoms with Gasteiger partial charge >= 0.3 is 0 Å². The molecule has 1 aromatic rings. The molecule has 102 valence electrons. The zero-order valence-corrected chi connectivity index (χ0v) is 13.0. The highest BCUT2D eigenvalue weighted by Crippen LogP contribution is 2.26. The van der Waals surface area contributed by atoms with Crippen LogP contribution >= 0.6 is 23.1 Å². The number of amides is 1. The van der Waals surface area contributed by atoms with Crippen LogP contribution in [0.2, 0.25) is 0 Å². The number of aliphatic hydroxyl groups excluding tert-OH is 1. The van der Waals surface area contributed by atoms with Crippen molar-refractivity contribution in [2.75, 3.05) is 12.9 Å². The lowest BCUT2D eigenvalue weighted by atomic mass is 9.88. The van der Waals surface area contributed by atoms with Gasteiger partial charge in [0.1, 0.15) is 4.88 Å². The fourth-order valence-electron chi connectivity index (χ4n) is 1.78. The van der Waals surface area contributed by atoms with Crippen LogP contribution in [0.1, 0.15) is 36.9 Å². The Kier molecular flexibility index (Phi) is 5.69. The number of hydrogen-bond donors (Lipinski definition) is 2. The normalized spacial score (nSPS) is 13.4. The van der Waals surface area contributed by atoms with Crippen molar-refractivity contribution in [3.63, 3.8) is 0 Å². The third-order valence-corrected chi connectivity index (χ3v) is 4.29. The second-order valence-electron chi connectivity index (χ2n) is 5.44. The van der Waals surface area contributed by atoms with Crippen LogP contribution in [-0.2, 0) is 0 Å². The number of rotatable bonds is 5. The van der Waals surface area contributed by atoms with Crippen LogP contribution in [0, 0.1) is 5.41 Å². The maximum absolute atomic E-state index is 12.1. The first-order valence-corrected chi connectivity index (χ1v) is 8.01. The van der Waals surface area contributed by atoms with E-state index in [1.807, 2.05) is 17.7 Å². The molecule has 0 spiro atoms. The van der Waals surface area contributed by atoms with Crippen molar-refractivity contribution in [1.29, 1.82) is 0 Å². The largest absolute Gasteiger partial charge is 0.394 e. The quantitative estimate of drug-likeness (QED) is 0.819. The average Bonchev–Trinajstić information content (AvgIpc) is 2.74. The van der Waals surface area contributed by atoms with Crippen LogP contribution < -0.4 is 5.32 Å². The second-order valence-corrected chi connectivity index (χ2v) is 7.20. The van der Waals surface area contributed by atoms with Crippen molar-refractivity contribution >= 4 is 29.0 Å². The topological polar surface area (TPSA) is 49.3 Å². The minimum atomic E-state index is -0.186. The van der Waals surface area contributed by atoms with E-state index in [1.54, 1.807) is 11.8 Å². The number of thioether (sulfide) groups is 1. The Labute approximate surface area is 117 Å². The molecule has 3 nitrogen and oxygen atoms in total. The van der Waals surface area contributed by atoms with Gasteiger partial charge in [-0.1, -0.05) is 20.8 Å². The predicted octanol–water partition coefficient (Wildman–Crippen LogP) is 3.00. The number of carbonyl (C=O) groups excluding carboxylic acids is 1. The summed E-state index contributed by atoms with van der Waals surface area (Å²) in [7, 11) is 0. The molecular formula is C13H21NO2S2. The Bertz CT molecular complexity index is 396. The predicted molar refractivity (Wildman–Crippen MR) is 78.5 cm³/mol. The number of aliphatic hydroxyl groups is 1. The minimum Gasteiger partial charge on any atom is -0.394 e. The Morgan fingerprint density at radius 1 is 1.56 bits per heavy atom. The van der Waals surface area contributed by atoms with Gasteiger partial charge in [0, 0.05) is 4.90 Å². The molecule has 0 fully saturated rings. The summed E-state index contributed by atoms with van der Waals surface area (Å²) >= 11 is 3.00. The fourth-order valence-corrected chi connectivity index (χ4v) is 3.43. The van der Waals surface area contributed by atoms with Crippen molar-refractivity contribution in [1.82, 2.24) is 5.32 Å². The van der Waals surface area contributed by atoms with Crippen molar-refractivity contribution in [2.24, 2.45) is 5.41 Å². The van der Waals surface area contributed by atoms with Crippen molar-refractivity contribution < 1.29 is 9.90 Å². The third kappa shape index (κ3) is 4.63. The zero-order chi connectivity index (χ0) is 13.8. The highest BCUT2D eigenvalue weighted by atomic mass is 32.2. The molecule has 18 heavy (non-hydrogen) atoms. The van der Waals surface area contributed by atoms with Gasteiger partial charge in [0.05, 0.1) is 12.6 Å². The Morgan fingerprint density at radius 2 is 2.22 bits per heavy atom. The number of nitrogens with one attached hydrogen (secondary N) is 1. The Hall–Kier alpha value is -0.520. The maximum atomic E-state index is 12.1. The van der Waals surface area contributed by atoms with Gasteiger partial charge in [-0.25, -0.2) is 0 Å². The van der Waals surface area contributed by atoms with Crippen molar-refractivity contribution in [3.8, 4) is 0 Å². The molecule has 0 radical (unpaired) electrons. The molecule has 1 heterocycles. The molecule has 1 rings (SSSR count). The molecule has 1 unspecified atom stereocenters. The summed E-state index contributed by atoms with van der Waals surface area (Å²) in [5, 5.41) is 14.2. The Morgan fingerprint density at radius 3 is 2.72 bits per heavy atom. The van der Waals surface area contributed by atoms with Crippen LogP contribution in [0.3, 0.4) is 0 Å². The molecule has 0 bridgehead atoms. The average molecular weight is 287 g/mol. The molecule has 1 amide bonds. The van der Waals surface area contributed by atoms with E-state index in [0.717, 1.165) is 16.2 Å². The van der Waals surface area contributed by atoms with Gasteiger partial charge in [0.15, 0.2) is 0 Å². The fraction of sp³-hybridized carbons (Fsp3) is 0.615. The second kappa shape index (κ2) is 6.59. The summed E-state index contributed by atoms with van der Waals surface area (Å²) in [4.78, 5) is 13.8. The molecule has 0 aliphatic rings. The molecule has 0 saturated carbocycles. The molecule has 1 atom stereocenters. The first kappa shape index (κ1) is 15.5. The van der Waals surface area contributed by atoms with Crippen LogP contribution in [-0.4, -0.2) is 29.9 Å². The molecule has 1 aromatic heterocycles. The lowest BCUT2D eigenvalue weighted by Crippen LogP contribution is -2.39. The van der Waals surface area contributed by atoms with E-state index in [9.17, 15) is 9.90 Å². The van der Waals surface area contributed by atoms with E-state index in [0.29, 0.717) is 0 Å². The summed E-state index contributed by atoms with van der Waals surface area (Å²) in [6, 6.07) is 1.76. The zero-order valence-electron chi connectivity index (χ0n) is 11.3. The van der Waals surface area contributed by atoms with Gasteiger partial charge in [-0.05, 0) is 29.5 Å². The van der Waals surface area contributed by atoms with E-state index >= 15 is 0 Å². The van der Waals surface area contributed by atoms with Gasteiger partial charge in [-0.3, -0.25) is 4.79 Å². The summed E-state index contributed by atoms with van der Waals surface area (Å²) in [5.41, 5.74) is 0.0818. The first-order chi connectivity index (χ1) is 8.37. The molecule has 0 saturated heterocycles. The lowest BCUT2D eigenvalue weighted by molar-refractivity contribution is 0.0899. The van der Waals surface area contributed by atoms with Crippen LogP contribution in [0.4, 0.5) is 0 Å². The van der Waals surface area contributed by atoms with Crippen molar-refractivity contribution in [3.05, 3.63) is 16.3 Å². The van der Waals surface area contributed by atoms with Crippen LogP contribution in [0.25, 0.3) is 0 Å². The SMILES string of the molecule is CSc1ccsc1C(=O)NC(CO)CC(C)(C)C. The Balaban J connectivity index is 2.68. The van der Waals surface area contributed by atoms with Crippen LogP contribution in [0.5, 0.6) is 0 Å².